The fraction of sp³-hybridized carbons (Fsp3) is 0.158. The lowest BCUT2D eigenvalue weighted by Crippen LogP contribution is -2.15. The fourth-order valence-electron chi connectivity index (χ4n) is 3.26. The monoisotopic (exact) mass is 399 g/mol. The zero-order valence-corrected chi connectivity index (χ0v) is 15.9. The predicted octanol–water partition coefficient (Wildman–Crippen LogP) is 4.15. The van der Waals surface area contributed by atoms with Gasteiger partial charge in [0.2, 0.25) is 0 Å². The van der Waals surface area contributed by atoms with Crippen LogP contribution in [0.15, 0.2) is 47.5 Å². The molecular weight excluding hydrogens is 386 g/mol. The summed E-state index contributed by atoms with van der Waals surface area (Å²) in [5, 5.41) is 10.8. The summed E-state index contributed by atoms with van der Waals surface area (Å²) in [5.41, 5.74) is 3.52. The maximum absolute atomic E-state index is 12.6. The lowest BCUT2D eigenvalue weighted by Gasteiger charge is -2.16. The number of nitro groups is 1. The molecule has 1 aromatic heterocycles. The van der Waals surface area contributed by atoms with Crippen LogP contribution in [-0.2, 0) is 19.9 Å². The van der Waals surface area contributed by atoms with E-state index in [-0.39, 0.29) is 16.3 Å². The minimum atomic E-state index is -0.554. The summed E-state index contributed by atoms with van der Waals surface area (Å²) >= 11 is 7.54. The van der Waals surface area contributed by atoms with Crippen molar-refractivity contribution >= 4 is 34.5 Å². The van der Waals surface area contributed by atoms with Crippen molar-refractivity contribution in [3.05, 3.63) is 78.4 Å². The number of carbonyl (C=O) groups excluding carboxylic acids is 1. The highest BCUT2D eigenvalue weighted by atomic mass is 35.5. The van der Waals surface area contributed by atoms with Crippen molar-refractivity contribution in [2.45, 2.75) is 12.8 Å². The highest BCUT2D eigenvalue weighted by molar-refractivity contribution is 7.09. The summed E-state index contributed by atoms with van der Waals surface area (Å²) in [5.74, 6) is -0.516. The number of nitrogens with zero attached hydrogens (tertiary/aromatic N) is 3. The van der Waals surface area contributed by atoms with Crippen LogP contribution in [0, 0.1) is 10.1 Å². The third-order valence-electron chi connectivity index (χ3n) is 4.59. The van der Waals surface area contributed by atoms with E-state index >= 15 is 0 Å². The summed E-state index contributed by atoms with van der Waals surface area (Å²) in [6.07, 6.45) is 1.87. The van der Waals surface area contributed by atoms with Gasteiger partial charge in [-0.25, -0.2) is 0 Å². The van der Waals surface area contributed by atoms with Gasteiger partial charge in [0.25, 0.3) is 11.6 Å². The van der Waals surface area contributed by atoms with Gasteiger partial charge in [-0.1, -0.05) is 35.9 Å². The van der Waals surface area contributed by atoms with E-state index < -0.39 is 10.8 Å². The zero-order chi connectivity index (χ0) is 19.1. The van der Waals surface area contributed by atoms with E-state index in [1.54, 1.807) is 0 Å². The number of non-ortho nitro benzene ring substituents is 1. The van der Waals surface area contributed by atoms with Gasteiger partial charge < -0.3 is 4.57 Å². The molecule has 1 aliphatic rings. The molecule has 2 aromatic carbocycles. The number of nitro benzene ring substituents is 1. The van der Waals surface area contributed by atoms with E-state index in [0.717, 1.165) is 18.5 Å². The van der Waals surface area contributed by atoms with Crippen LogP contribution in [0.3, 0.4) is 0 Å². The van der Waals surface area contributed by atoms with Gasteiger partial charge >= 0.3 is 0 Å². The second-order valence-corrected chi connectivity index (χ2v) is 7.68. The summed E-state index contributed by atoms with van der Waals surface area (Å²) in [6, 6.07) is 12.0. The van der Waals surface area contributed by atoms with Crippen molar-refractivity contribution < 1.29 is 9.72 Å². The lowest BCUT2D eigenvalue weighted by molar-refractivity contribution is -0.384. The van der Waals surface area contributed by atoms with Crippen molar-refractivity contribution in [1.29, 1.82) is 0 Å². The average molecular weight is 400 g/mol. The molecule has 3 aromatic rings. The van der Waals surface area contributed by atoms with Crippen molar-refractivity contribution in [1.82, 2.24) is 4.57 Å². The normalized spacial score (nSPS) is 13.2. The zero-order valence-electron chi connectivity index (χ0n) is 14.3. The van der Waals surface area contributed by atoms with E-state index in [1.807, 2.05) is 23.7 Å². The van der Waals surface area contributed by atoms with Gasteiger partial charge in [0, 0.05) is 29.6 Å². The Morgan fingerprint density at radius 2 is 2.04 bits per heavy atom. The Balaban J connectivity index is 1.78. The number of halogens is 1. The molecule has 0 saturated carbocycles. The fourth-order valence-corrected chi connectivity index (χ4v) is 4.64. The first-order valence-electron chi connectivity index (χ1n) is 8.25. The second kappa shape index (κ2) is 6.75. The van der Waals surface area contributed by atoms with Crippen molar-refractivity contribution in [2.24, 2.45) is 12.0 Å². The third-order valence-corrected chi connectivity index (χ3v) is 6.09. The molecule has 27 heavy (non-hydrogen) atoms. The Labute approximate surface area is 163 Å². The molecule has 136 valence electrons. The SMILES string of the molecule is Cn1c2c(sc1=NC(=O)c1ccc([N+](=O)[O-])cc1Cl)CCc1ccccc1-2. The van der Waals surface area contributed by atoms with Crippen molar-refractivity contribution in [3.8, 4) is 11.3 Å². The molecule has 0 fully saturated rings. The van der Waals surface area contributed by atoms with Gasteiger partial charge in [-0.05, 0) is 24.5 Å². The van der Waals surface area contributed by atoms with E-state index in [1.165, 1.54) is 45.5 Å². The maximum Gasteiger partial charge on any atom is 0.281 e. The molecule has 0 spiro atoms. The number of carbonyl (C=O) groups is 1. The first-order valence-corrected chi connectivity index (χ1v) is 9.45. The predicted molar refractivity (Wildman–Crippen MR) is 104 cm³/mol. The average Bonchev–Trinajstić information content (AvgIpc) is 2.97. The summed E-state index contributed by atoms with van der Waals surface area (Å²) in [6.45, 7) is 0. The Bertz CT molecular complexity index is 1160. The second-order valence-electron chi connectivity index (χ2n) is 6.21. The molecule has 0 aliphatic heterocycles. The summed E-state index contributed by atoms with van der Waals surface area (Å²) in [4.78, 5) is 28.9. The molecule has 4 rings (SSSR count). The van der Waals surface area contributed by atoms with Gasteiger partial charge in [-0.3, -0.25) is 14.9 Å². The number of thiazole rings is 1. The number of hydrogen-bond donors (Lipinski definition) is 0. The molecule has 0 unspecified atom stereocenters. The largest absolute Gasteiger partial charge is 0.319 e. The van der Waals surface area contributed by atoms with Crippen LogP contribution in [0.4, 0.5) is 5.69 Å². The molecule has 0 bridgehead atoms. The number of aryl methyl sites for hydroxylation is 2. The molecule has 0 saturated heterocycles. The smallest absolute Gasteiger partial charge is 0.281 e. The molecular formula is C19H14ClN3O3S. The van der Waals surface area contributed by atoms with Crippen LogP contribution < -0.4 is 4.80 Å². The third kappa shape index (κ3) is 3.09. The lowest BCUT2D eigenvalue weighted by atomic mass is 9.93. The van der Waals surface area contributed by atoms with E-state index in [4.69, 9.17) is 11.6 Å². The Morgan fingerprint density at radius 3 is 2.78 bits per heavy atom. The van der Waals surface area contributed by atoms with Crippen LogP contribution in [0.2, 0.25) is 5.02 Å². The van der Waals surface area contributed by atoms with E-state index in [2.05, 4.69) is 17.1 Å². The molecule has 0 atom stereocenters. The highest BCUT2D eigenvalue weighted by Crippen LogP contribution is 2.34. The van der Waals surface area contributed by atoms with Crippen molar-refractivity contribution in [3.63, 3.8) is 0 Å². The number of benzene rings is 2. The minimum Gasteiger partial charge on any atom is -0.319 e. The first-order chi connectivity index (χ1) is 13.0. The Morgan fingerprint density at radius 1 is 1.26 bits per heavy atom. The van der Waals surface area contributed by atoms with Gasteiger partial charge in [0.05, 0.1) is 21.2 Å². The van der Waals surface area contributed by atoms with Crippen LogP contribution >= 0.6 is 22.9 Å². The number of hydrogen-bond acceptors (Lipinski definition) is 4. The molecule has 8 heteroatoms. The van der Waals surface area contributed by atoms with Crippen LogP contribution in [-0.4, -0.2) is 15.4 Å². The molecule has 0 N–H and O–H groups in total. The van der Waals surface area contributed by atoms with Gasteiger partial charge in [-0.2, -0.15) is 4.99 Å². The molecule has 1 aliphatic carbocycles. The summed E-state index contributed by atoms with van der Waals surface area (Å²) in [7, 11) is 1.89. The minimum absolute atomic E-state index is 0.0206. The van der Waals surface area contributed by atoms with Crippen LogP contribution in [0.25, 0.3) is 11.3 Å². The van der Waals surface area contributed by atoms with Gasteiger partial charge in [-0.15, -0.1) is 11.3 Å². The summed E-state index contributed by atoms with van der Waals surface area (Å²) < 4.78 is 1.93. The quantitative estimate of drug-likeness (QED) is 0.479. The van der Waals surface area contributed by atoms with Crippen molar-refractivity contribution in [2.75, 3.05) is 0 Å². The topological polar surface area (TPSA) is 77.5 Å². The maximum atomic E-state index is 12.6. The number of fused-ring (bicyclic) bond motifs is 3. The van der Waals surface area contributed by atoms with Crippen LogP contribution in [0.1, 0.15) is 20.8 Å². The van der Waals surface area contributed by atoms with Gasteiger partial charge in [0.15, 0.2) is 4.80 Å². The van der Waals surface area contributed by atoms with E-state index in [0.29, 0.717) is 4.80 Å². The standard InChI is InChI=1S/C19H14ClN3O3S/c1-22-17-13-5-3-2-4-11(13)6-9-16(17)27-19(22)21-18(24)14-8-7-12(23(25)26)10-15(14)20/h2-5,7-8,10H,6,9H2,1H3. The molecule has 0 radical (unpaired) electrons. The molecule has 1 heterocycles. The highest BCUT2D eigenvalue weighted by Gasteiger charge is 2.21. The number of aromatic nitrogens is 1. The van der Waals surface area contributed by atoms with E-state index in [9.17, 15) is 14.9 Å². The molecule has 6 nitrogen and oxygen atoms in total. The number of rotatable bonds is 2. The molecule has 1 amide bonds. The van der Waals surface area contributed by atoms with Gasteiger partial charge in [0.1, 0.15) is 0 Å². The Hall–Kier alpha value is -2.77. The first kappa shape index (κ1) is 17.6. The Kier molecular flexibility index (Phi) is 4.41. The van der Waals surface area contributed by atoms with Crippen LogP contribution in [0.5, 0.6) is 0 Å². The number of amides is 1.